The van der Waals surface area contributed by atoms with Gasteiger partial charge in [-0.2, -0.15) is 0 Å². The number of para-hydroxylation sites is 2. The van der Waals surface area contributed by atoms with E-state index in [1.54, 1.807) is 37.4 Å². The van der Waals surface area contributed by atoms with E-state index >= 15 is 0 Å². The van der Waals surface area contributed by atoms with Crippen molar-refractivity contribution in [2.45, 2.75) is 18.9 Å². The number of carbonyl (C=O) groups is 3. The van der Waals surface area contributed by atoms with Crippen molar-refractivity contribution in [3.8, 4) is 5.75 Å². The topological polar surface area (TPSA) is 121 Å². The van der Waals surface area contributed by atoms with Crippen LogP contribution < -0.4 is 31.3 Å². The summed E-state index contributed by atoms with van der Waals surface area (Å²) < 4.78 is 5.31. The zero-order valence-electron chi connectivity index (χ0n) is 16.9. The lowest BCUT2D eigenvalue weighted by atomic mass is 9.81. The number of carbonyl (C=O) groups excluding carboxylic acids is 3. The predicted octanol–water partition coefficient (Wildman–Crippen LogP) is 2.13. The Balaban J connectivity index is 1.51. The molecule has 4 rings (SSSR count). The lowest BCUT2D eigenvalue weighted by molar-refractivity contribution is -0.144. The fourth-order valence-corrected chi connectivity index (χ4v) is 4.25. The van der Waals surface area contributed by atoms with Gasteiger partial charge in [0.05, 0.1) is 46.5 Å². The number of hydrogen-bond donors (Lipinski definition) is 5. The number of benzene rings is 2. The Kier molecular flexibility index (Phi) is 6.40. The van der Waals surface area contributed by atoms with Crippen LogP contribution in [0, 0.1) is 11.8 Å². The Labute approximate surface area is 194 Å². The third-order valence-electron chi connectivity index (χ3n) is 5.40. The number of anilines is 2. The summed E-state index contributed by atoms with van der Waals surface area (Å²) in [6.07, 6.45) is -1.57. The fourth-order valence-electron chi connectivity index (χ4n) is 3.90. The number of ether oxygens (including phenoxy) is 1. The first-order valence-electron chi connectivity index (χ1n) is 9.87. The number of amides is 3. The minimum atomic E-state index is -0.900. The van der Waals surface area contributed by atoms with Gasteiger partial charge in [0.2, 0.25) is 17.7 Å². The van der Waals surface area contributed by atoms with Crippen LogP contribution in [0.3, 0.4) is 0 Å². The highest BCUT2D eigenvalue weighted by Crippen LogP contribution is 2.33. The molecule has 168 valence electrons. The molecule has 2 heterocycles. The van der Waals surface area contributed by atoms with Crippen molar-refractivity contribution in [3.05, 3.63) is 52.5 Å². The van der Waals surface area contributed by atoms with Gasteiger partial charge in [0, 0.05) is 6.42 Å². The molecule has 11 heteroatoms. The molecule has 2 aliphatic rings. The van der Waals surface area contributed by atoms with Crippen LogP contribution in [0.1, 0.15) is 6.42 Å². The van der Waals surface area contributed by atoms with Crippen molar-refractivity contribution in [2.75, 3.05) is 17.7 Å². The van der Waals surface area contributed by atoms with Crippen LogP contribution in [0.5, 0.6) is 5.75 Å². The summed E-state index contributed by atoms with van der Waals surface area (Å²) in [5.74, 6) is -2.34. The predicted molar refractivity (Wildman–Crippen MR) is 120 cm³/mol. The molecule has 0 bridgehead atoms. The van der Waals surface area contributed by atoms with Crippen molar-refractivity contribution < 1.29 is 19.1 Å². The van der Waals surface area contributed by atoms with Crippen molar-refractivity contribution in [2.24, 2.45) is 11.8 Å². The molecule has 2 saturated heterocycles. The highest BCUT2D eigenvalue weighted by atomic mass is 35.5. The van der Waals surface area contributed by atoms with Crippen LogP contribution in [0.25, 0.3) is 0 Å². The van der Waals surface area contributed by atoms with Gasteiger partial charge in [0.25, 0.3) is 0 Å². The van der Waals surface area contributed by atoms with Gasteiger partial charge in [-0.05, 0) is 24.3 Å². The Morgan fingerprint density at radius 2 is 1.81 bits per heavy atom. The van der Waals surface area contributed by atoms with E-state index in [9.17, 15) is 14.4 Å². The third kappa shape index (κ3) is 4.45. The summed E-state index contributed by atoms with van der Waals surface area (Å²) in [4.78, 5) is 38.3. The Hall–Kier alpha value is -3.01. The quantitative estimate of drug-likeness (QED) is 0.449. The molecule has 2 aromatic rings. The number of nitrogens with one attached hydrogen (secondary N) is 5. The number of hydrogen-bond acceptors (Lipinski definition) is 6. The summed E-state index contributed by atoms with van der Waals surface area (Å²) in [6, 6.07) is 12.0. The number of piperidine rings is 1. The minimum absolute atomic E-state index is 0.134. The largest absolute Gasteiger partial charge is 0.495 e. The average Bonchev–Trinajstić information content (AvgIpc) is 2.76. The van der Waals surface area contributed by atoms with E-state index in [1.165, 1.54) is 0 Å². The monoisotopic (exact) mass is 477 g/mol. The molecule has 4 atom stereocenters. The summed E-state index contributed by atoms with van der Waals surface area (Å²) in [6.45, 7) is 0. The van der Waals surface area contributed by atoms with Gasteiger partial charge in [-0.15, -0.1) is 0 Å². The molecule has 0 aliphatic carbocycles. The summed E-state index contributed by atoms with van der Waals surface area (Å²) in [5.41, 5.74) is 0.963. The zero-order valence-corrected chi connectivity index (χ0v) is 18.5. The lowest BCUT2D eigenvalue weighted by Crippen LogP contribution is -2.72. The van der Waals surface area contributed by atoms with Crippen molar-refractivity contribution in [3.63, 3.8) is 0 Å². The second-order valence-electron chi connectivity index (χ2n) is 7.43. The molecule has 4 unspecified atom stereocenters. The molecular formula is C21H21Cl2N5O4. The summed E-state index contributed by atoms with van der Waals surface area (Å²) in [7, 11) is 1.54. The summed E-state index contributed by atoms with van der Waals surface area (Å²) >= 11 is 12.2. The van der Waals surface area contributed by atoms with Crippen molar-refractivity contribution >= 4 is 52.3 Å². The molecule has 0 aromatic heterocycles. The minimum Gasteiger partial charge on any atom is -0.495 e. The Morgan fingerprint density at radius 1 is 1.06 bits per heavy atom. The van der Waals surface area contributed by atoms with Crippen LogP contribution in [-0.4, -0.2) is 37.3 Å². The number of methoxy groups -OCH3 is 1. The second kappa shape index (κ2) is 9.23. The van der Waals surface area contributed by atoms with E-state index in [1.807, 2.05) is 12.1 Å². The van der Waals surface area contributed by atoms with Gasteiger partial charge >= 0.3 is 0 Å². The third-order valence-corrected chi connectivity index (χ3v) is 6.22. The highest BCUT2D eigenvalue weighted by molar-refractivity contribution is 6.44. The van der Waals surface area contributed by atoms with Crippen molar-refractivity contribution in [1.82, 2.24) is 16.0 Å². The fraction of sp³-hybridized carbons (Fsp3) is 0.286. The molecular weight excluding hydrogens is 457 g/mol. The maximum Gasteiger partial charge on any atom is 0.229 e. The smallest absolute Gasteiger partial charge is 0.229 e. The normalized spacial score (nSPS) is 24.6. The average molecular weight is 478 g/mol. The maximum absolute atomic E-state index is 13.0. The molecule has 9 nitrogen and oxygen atoms in total. The van der Waals surface area contributed by atoms with Crippen LogP contribution in [-0.2, 0) is 14.4 Å². The molecule has 2 aromatic carbocycles. The molecule has 3 amide bonds. The van der Waals surface area contributed by atoms with E-state index in [0.29, 0.717) is 17.1 Å². The van der Waals surface area contributed by atoms with Crippen LogP contribution in [0.15, 0.2) is 42.5 Å². The first-order valence-corrected chi connectivity index (χ1v) is 10.6. The van der Waals surface area contributed by atoms with Gasteiger partial charge in [-0.25, -0.2) is 0 Å². The number of halogens is 2. The number of rotatable bonds is 5. The van der Waals surface area contributed by atoms with E-state index in [0.717, 1.165) is 0 Å². The van der Waals surface area contributed by atoms with E-state index in [-0.39, 0.29) is 28.3 Å². The van der Waals surface area contributed by atoms with Crippen LogP contribution in [0.2, 0.25) is 10.0 Å². The van der Waals surface area contributed by atoms with Crippen LogP contribution in [0.4, 0.5) is 11.4 Å². The second-order valence-corrected chi connectivity index (χ2v) is 8.21. The zero-order chi connectivity index (χ0) is 22.8. The molecule has 2 aliphatic heterocycles. The van der Waals surface area contributed by atoms with Gasteiger partial charge < -0.3 is 26.0 Å². The van der Waals surface area contributed by atoms with E-state index < -0.39 is 30.2 Å². The van der Waals surface area contributed by atoms with E-state index in [2.05, 4.69) is 26.6 Å². The maximum atomic E-state index is 13.0. The lowest BCUT2D eigenvalue weighted by Gasteiger charge is -2.43. The molecule has 0 spiro atoms. The van der Waals surface area contributed by atoms with Gasteiger partial charge in [0.1, 0.15) is 5.75 Å². The molecule has 0 radical (unpaired) electrons. The molecule has 5 N–H and O–H groups in total. The van der Waals surface area contributed by atoms with Gasteiger partial charge in [0.15, 0.2) is 6.29 Å². The first-order chi connectivity index (χ1) is 15.4. The first kappa shape index (κ1) is 22.2. The standard InChI is InChI=1S/C21H21Cl2N5O4/c1-32-14-8-3-2-6-12(14)25-21-27-18-16(20(31)28-21)10(9-15(29)26-18)19(30)24-13-7-4-5-11(22)17(13)23/h2-8,10,16,18,21,25,27H,9H2,1H3,(H,24,30)(H,26,29)(H,28,31). The van der Waals surface area contributed by atoms with Crippen molar-refractivity contribution in [1.29, 1.82) is 0 Å². The SMILES string of the molecule is COc1ccccc1NC1NC(=O)C2C(NC(=O)CC2C(=O)Nc2cccc(Cl)c2Cl)N1. The number of fused-ring (bicyclic) bond motifs is 1. The van der Waals surface area contributed by atoms with E-state index in [4.69, 9.17) is 27.9 Å². The molecule has 2 fully saturated rings. The summed E-state index contributed by atoms with van der Waals surface area (Å²) in [5, 5.41) is 15.0. The van der Waals surface area contributed by atoms with Gasteiger partial charge in [-0.1, -0.05) is 41.4 Å². The van der Waals surface area contributed by atoms with Gasteiger partial charge in [-0.3, -0.25) is 19.7 Å². The van der Waals surface area contributed by atoms with Crippen LogP contribution >= 0.6 is 23.2 Å². The Bertz CT molecular complexity index is 1070. The molecule has 0 saturated carbocycles. The molecule has 32 heavy (non-hydrogen) atoms. The Morgan fingerprint density at radius 3 is 2.59 bits per heavy atom. The highest BCUT2D eigenvalue weighted by Gasteiger charge is 2.48.